The van der Waals surface area contributed by atoms with Crippen LogP contribution in [0.15, 0.2) is 10.3 Å². The van der Waals surface area contributed by atoms with E-state index in [0.717, 1.165) is 0 Å². The second kappa shape index (κ2) is 1.48. The maximum Gasteiger partial charge on any atom is 0.0916 e. The van der Waals surface area contributed by atoms with Crippen molar-refractivity contribution in [2.45, 2.75) is 25.9 Å². The van der Waals surface area contributed by atoms with Crippen molar-refractivity contribution in [1.29, 1.82) is 0 Å². The van der Waals surface area contributed by atoms with E-state index >= 15 is 0 Å². The quantitative estimate of drug-likeness (QED) is 0.477. The van der Waals surface area contributed by atoms with Crippen LogP contribution in [0.5, 0.6) is 0 Å². The van der Waals surface area contributed by atoms with Crippen LogP contribution in [0.4, 0.5) is 0 Å². The maximum atomic E-state index is 3.83. The molecular weight excluding hydrogens is 90.1 g/mol. The summed E-state index contributed by atoms with van der Waals surface area (Å²) in [5, 5.41) is 7.45. The van der Waals surface area contributed by atoms with Crippen molar-refractivity contribution in [3.05, 3.63) is 0 Å². The normalized spacial score (nSPS) is 38.6. The van der Waals surface area contributed by atoms with Crippen molar-refractivity contribution in [3.8, 4) is 0 Å². The minimum atomic E-state index is 0.361. The lowest BCUT2D eigenvalue weighted by Crippen LogP contribution is -2.23. The number of hydrogen-bond acceptors (Lipinski definition) is 3. The van der Waals surface area contributed by atoms with Gasteiger partial charge in [-0.1, -0.05) is 5.22 Å². The molecule has 0 aromatic heterocycles. The summed E-state index contributed by atoms with van der Waals surface area (Å²) in [5.41, 5.74) is 2.83. The molecule has 3 heteroatoms. The van der Waals surface area contributed by atoms with E-state index in [4.69, 9.17) is 0 Å². The Hall–Kier alpha value is -0.600. The molecule has 2 atom stereocenters. The number of hydrogen-bond donors (Lipinski definition) is 1. The standard InChI is InChI=1S/C4H9N3/c1-3-4(2)6-7-5-3/h3-4H,1-2H3,(H,5,6)/t3-,4?/m1/s1. The fraction of sp³-hybridized carbons (Fsp3) is 1.00. The molecule has 1 aliphatic rings. The zero-order valence-corrected chi connectivity index (χ0v) is 4.55. The van der Waals surface area contributed by atoms with E-state index in [-0.39, 0.29) is 0 Å². The minimum Gasteiger partial charge on any atom is -0.287 e. The molecule has 7 heavy (non-hydrogen) atoms. The Morgan fingerprint density at radius 3 is 2.29 bits per heavy atom. The highest BCUT2D eigenvalue weighted by molar-refractivity contribution is 4.74. The summed E-state index contributed by atoms with van der Waals surface area (Å²) in [6, 6.07) is 0.792. The van der Waals surface area contributed by atoms with Crippen LogP contribution in [0.3, 0.4) is 0 Å². The third kappa shape index (κ3) is 0.706. The van der Waals surface area contributed by atoms with Gasteiger partial charge in [0, 0.05) is 0 Å². The summed E-state index contributed by atoms with van der Waals surface area (Å²) in [4.78, 5) is 0. The first-order chi connectivity index (χ1) is 3.30. The zero-order chi connectivity index (χ0) is 5.28. The Balaban J connectivity index is 2.45. The summed E-state index contributed by atoms with van der Waals surface area (Å²) in [6.45, 7) is 4.10. The summed E-state index contributed by atoms with van der Waals surface area (Å²) < 4.78 is 0. The van der Waals surface area contributed by atoms with Gasteiger partial charge in [0.2, 0.25) is 0 Å². The van der Waals surface area contributed by atoms with Gasteiger partial charge in [0.15, 0.2) is 0 Å². The summed E-state index contributed by atoms with van der Waals surface area (Å²) >= 11 is 0. The van der Waals surface area contributed by atoms with Crippen molar-refractivity contribution in [1.82, 2.24) is 5.43 Å². The monoisotopic (exact) mass is 99.1 g/mol. The van der Waals surface area contributed by atoms with Crippen molar-refractivity contribution in [2.75, 3.05) is 0 Å². The molecule has 0 saturated heterocycles. The molecule has 0 fully saturated rings. The topological polar surface area (TPSA) is 36.8 Å². The lowest BCUT2D eigenvalue weighted by Gasteiger charge is -2.01. The molecule has 0 saturated carbocycles. The van der Waals surface area contributed by atoms with Crippen LogP contribution in [0, 0.1) is 0 Å². The molecule has 1 N–H and O–H groups in total. The maximum absolute atomic E-state index is 3.83. The number of rotatable bonds is 0. The van der Waals surface area contributed by atoms with Gasteiger partial charge in [-0.3, -0.25) is 5.43 Å². The highest BCUT2D eigenvalue weighted by atomic mass is 15.5. The predicted molar refractivity (Wildman–Crippen MR) is 26.9 cm³/mol. The van der Waals surface area contributed by atoms with Gasteiger partial charge < -0.3 is 0 Å². The average molecular weight is 99.1 g/mol. The smallest absolute Gasteiger partial charge is 0.0916 e. The SMILES string of the molecule is CC1N=NN[C@@H]1C. The molecule has 3 nitrogen and oxygen atoms in total. The van der Waals surface area contributed by atoms with Crippen LogP contribution < -0.4 is 5.43 Å². The Labute approximate surface area is 42.8 Å². The van der Waals surface area contributed by atoms with E-state index in [9.17, 15) is 0 Å². The van der Waals surface area contributed by atoms with Gasteiger partial charge in [0.25, 0.3) is 0 Å². The van der Waals surface area contributed by atoms with Gasteiger partial charge in [-0.2, -0.15) is 5.11 Å². The third-order valence-corrected chi connectivity index (χ3v) is 1.22. The summed E-state index contributed by atoms with van der Waals surface area (Å²) in [6.07, 6.45) is 0. The van der Waals surface area contributed by atoms with Gasteiger partial charge in [0.05, 0.1) is 12.1 Å². The molecule has 0 bridgehead atoms. The first kappa shape index (κ1) is 4.56. The van der Waals surface area contributed by atoms with Crippen LogP contribution in [-0.4, -0.2) is 12.1 Å². The molecule has 1 heterocycles. The molecule has 1 aliphatic heterocycles. The van der Waals surface area contributed by atoms with E-state index in [1.807, 2.05) is 6.92 Å². The second-order valence-electron chi connectivity index (χ2n) is 1.87. The fourth-order valence-corrected chi connectivity index (χ4v) is 0.423. The van der Waals surface area contributed by atoms with E-state index in [2.05, 4.69) is 22.7 Å². The molecular formula is C4H9N3. The van der Waals surface area contributed by atoms with Gasteiger partial charge in [-0.15, -0.1) is 0 Å². The molecule has 0 aromatic rings. The molecule has 0 aromatic carbocycles. The second-order valence-corrected chi connectivity index (χ2v) is 1.87. The van der Waals surface area contributed by atoms with E-state index in [1.165, 1.54) is 0 Å². The molecule has 40 valence electrons. The summed E-state index contributed by atoms with van der Waals surface area (Å²) in [5.74, 6) is 0. The number of nitrogens with one attached hydrogen (secondary N) is 1. The first-order valence-electron chi connectivity index (χ1n) is 2.46. The number of nitrogens with zero attached hydrogens (tertiary/aromatic N) is 2. The van der Waals surface area contributed by atoms with Crippen LogP contribution >= 0.6 is 0 Å². The molecule has 0 amide bonds. The average Bonchev–Trinajstić information content (AvgIpc) is 1.91. The fourth-order valence-electron chi connectivity index (χ4n) is 0.423. The third-order valence-electron chi connectivity index (χ3n) is 1.22. The van der Waals surface area contributed by atoms with Crippen LogP contribution in [0.2, 0.25) is 0 Å². The Morgan fingerprint density at radius 1 is 1.43 bits per heavy atom. The Kier molecular flexibility index (Phi) is 0.964. The molecule has 0 aliphatic carbocycles. The molecule has 0 radical (unpaired) electrons. The van der Waals surface area contributed by atoms with E-state index in [0.29, 0.717) is 12.1 Å². The van der Waals surface area contributed by atoms with Crippen LogP contribution in [-0.2, 0) is 0 Å². The van der Waals surface area contributed by atoms with Gasteiger partial charge in [-0.05, 0) is 13.8 Å². The Morgan fingerprint density at radius 2 is 2.14 bits per heavy atom. The largest absolute Gasteiger partial charge is 0.287 e. The predicted octanol–water partition coefficient (Wildman–Crippen LogP) is 0.734. The molecule has 1 rings (SSSR count). The van der Waals surface area contributed by atoms with E-state index < -0.39 is 0 Å². The first-order valence-corrected chi connectivity index (χ1v) is 2.46. The van der Waals surface area contributed by atoms with Crippen LogP contribution in [0.1, 0.15) is 13.8 Å². The van der Waals surface area contributed by atoms with Gasteiger partial charge in [-0.25, -0.2) is 0 Å². The van der Waals surface area contributed by atoms with Crippen molar-refractivity contribution in [3.63, 3.8) is 0 Å². The Bertz CT molecular complexity index is 88.9. The molecule has 1 unspecified atom stereocenters. The minimum absolute atomic E-state index is 0.361. The highest BCUT2D eigenvalue weighted by Crippen LogP contribution is 2.02. The van der Waals surface area contributed by atoms with Crippen molar-refractivity contribution >= 4 is 0 Å². The van der Waals surface area contributed by atoms with Gasteiger partial charge in [0.1, 0.15) is 0 Å². The molecule has 0 spiro atoms. The van der Waals surface area contributed by atoms with Crippen molar-refractivity contribution in [2.24, 2.45) is 10.3 Å². The lowest BCUT2D eigenvalue weighted by molar-refractivity contribution is 0.578. The highest BCUT2D eigenvalue weighted by Gasteiger charge is 2.13. The van der Waals surface area contributed by atoms with Crippen molar-refractivity contribution < 1.29 is 0 Å². The van der Waals surface area contributed by atoms with Gasteiger partial charge >= 0.3 is 0 Å². The zero-order valence-electron chi connectivity index (χ0n) is 4.55. The summed E-state index contributed by atoms with van der Waals surface area (Å²) in [7, 11) is 0. The van der Waals surface area contributed by atoms with E-state index in [1.54, 1.807) is 0 Å². The van der Waals surface area contributed by atoms with Crippen LogP contribution in [0.25, 0.3) is 0 Å². The lowest BCUT2D eigenvalue weighted by atomic mass is 10.2.